The first-order valence-corrected chi connectivity index (χ1v) is 6.60. The molecule has 0 saturated carbocycles. The highest BCUT2D eigenvalue weighted by atomic mass is 16.5. The van der Waals surface area contributed by atoms with E-state index in [9.17, 15) is 4.79 Å². The number of pyridine rings is 1. The van der Waals surface area contributed by atoms with Crippen molar-refractivity contribution in [1.82, 2.24) is 4.98 Å². The van der Waals surface area contributed by atoms with Crippen LogP contribution in [0.1, 0.15) is 50.9 Å². The van der Waals surface area contributed by atoms with Crippen molar-refractivity contribution in [3.05, 3.63) is 17.8 Å². The van der Waals surface area contributed by atoms with Crippen LogP contribution >= 0.6 is 0 Å². The standard InChI is InChI=1S/C14H23N3O2/c1-5-7-14(3,4)17-12-8-10(11(15)9-16-12)13(18)19-6-2/h8-9H,5-7,15H2,1-4H3,(H,16,17). The molecule has 0 radical (unpaired) electrons. The van der Waals surface area contributed by atoms with Gasteiger partial charge in [-0.1, -0.05) is 13.3 Å². The van der Waals surface area contributed by atoms with Gasteiger partial charge in [0.1, 0.15) is 5.82 Å². The molecule has 0 aliphatic carbocycles. The van der Waals surface area contributed by atoms with Crippen molar-refractivity contribution in [1.29, 1.82) is 0 Å². The van der Waals surface area contributed by atoms with E-state index in [0.29, 0.717) is 23.7 Å². The largest absolute Gasteiger partial charge is 0.462 e. The average Bonchev–Trinajstić information content (AvgIpc) is 2.31. The van der Waals surface area contributed by atoms with Crippen molar-refractivity contribution in [2.24, 2.45) is 0 Å². The Hall–Kier alpha value is -1.78. The number of anilines is 2. The maximum Gasteiger partial charge on any atom is 0.340 e. The van der Waals surface area contributed by atoms with E-state index in [-0.39, 0.29) is 5.54 Å². The van der Waals surface area contributed by atoms with Crippen molar-refractivity contribution in [2.45, 2.75) is 46.1 Å². The number of hydrogen-bond donors (Lipinski definition) is 2. The van der Waals surface area contributed by atoms with Crippen molar-refractivity contribution in [2.75, 3.05) is 17.7 Å². The number of nitrogens with zero attached hydrogens (tertiary/aromatic N) is 1. The van der Waals surface area contributed by atoms with E-state index >= 15 is 0 Å². The molecular formula is C14H23N3O2. The molecule has 0 amide bonds. The Morgan fingerprint density at radius 1 is 1.47 bits per heavy atom. The summed E-state index contributed by atoms with van der Waals surface area (Å²) in [5.41, 5.74) is 6.36. The van der Waals surface area contributed by atoms with Crippen molar-refractivity contribution < 1.29 is 9.53 Å². The van der Waals surface area contributed by atoms with E-state index in [1.54, 1.807) is 13.0 Å². The van der Waals surface area contributed by atoms with E-state index < -0.39 is 5.97 Å². The number of rotatable bonds is 6. The van der Waals surface area contributed by atoms with Gasteiger partial charge < -0.3 is 15.8 Å². The smallest absolute Gasteiger partial charge is 0.340 e. The molecule has 3 N–H and O–H groups in total. The number of carbonyl (C=O) groups excluding carboxylic acids is 1. The van der Waals surface area contributed by atoms with Crippen LogP contribution in [0.3, 0.4) is 0 Å². The lowest BCUT2D eigenvalue weighted by Crippen LogP contribution is -2.31. The second-order valence-electron chi connectivity index (χ2n) is 5.14. The summed E-state index contributed by atoms with van der Waals surface area (Å²) in [7, 11) is 0. The second-order valence-corrected chi connectivity index (χ2v) is 5.14. The molecule has 1 aromatic heterocycles. The summed E-state index contributed by atoms with van der Waals surface area (Å²) >= 11 is 0. The second kappa shape index (κ2) is 6.41. The van der Waals surface area contributed by atoms with Gasteiger partial charge in [-0.25, -0.2) is 9.78 Å². The van der Waals surface area contributed by atoms with Crippen LogP contribution in [0.5, 0.6) is 0 Å². The maximum absolute atomic E-state index is 11.8. The fraction of sp³-hybridized carbons (Fsp3) is 0.571. The molecule has 5 nitrogen and oxygen atoms in total. The predicted molar refractivity (Wildman–Crippen MR) is 77.2 cm³/mol. The Balaban J connectivity index is 2.93. The average molecular weight is 265 g/mol. The number of nitrogens with one attached hydrogen (secondary N) is 1. The minimum atomic E-state index is -0.418. The van der Waals surface area contributed by atoms with Crippen molar-refractivity contribution in [3.8, 4) is 0 Å². The molecule has 0 aromatic carbocycles. The molecule has 0 spiro atoms. The zero-order valence-electron chi connectivity index (χ0n) is 12.1. The third kappa shape index (κ3) is 4.43. The van der Waals surface area contributed by atoms with Crippen LogP contribution in [0.4, 0.5) is 11.5 Å². The molecule has 0 bridgehead atoms. The molecule has 0 aliphatic rings. The Bertz CT molecular complexity index is 444. The lowest BCUT2D eigenvalue weighted by atomic mass is 9.99. The highest BCUT2D eigenvalue weighted by Crippen LogP contribution is 2.21. The number of hydrogen-bond acceptors (Lipinski definition) is 5. The van der Waals surface area contributed by atoms with Gasteiger partial charge in [-0.05, 0) is 33.3 Å². The van der Waals surface area contributed by atoms with Gasteiger partial charge in [-0.2, -0.15) is 0 Å². The fourth-order valence-corrected chi connectivity index (χ4v) is 1.95. The number of nitrogen functional groups attached to an aromatic ring is 1. The zero-order chi connectivity index (χ0) is 14.5. The van der Waals surface area contributed by atoms with Gasteiger partial charge in [0.05, 0.1) is 24.1 Å². The van der Waals surface area contributed by atoms with Gasteiger partial charge in [0.2, 0.25) is 0 Å². The molecule has 19 heavy (non-hydrogen) atoms. The SMILES string of the molecule is CCCC(C)(C)Nc1cc(C(=O)OCC)c(N)cn1. The zero-order valence-corrected chi connectivity index (χ0v) is 12.1. The van der Waals surface area contributed by atoms with Crippen LogP contribution in [0.15, 0.2) is 12.3 Å². The van der Waals surface area contributed by atoms with Gasteiger partial charge in [0.25, 0.3) is 0 Å². The molecule has 0 saturated heterocycles. The summed E-state index contributed by atoms with van der Waals surface area (Å²) < 4.78 is 4.97. The normalized spacial score (nSPS) is 11.2. The van der Waals surface area contributed by atoms with Crippen LogP contribution in [-0.2, 0) is 4.74 Å². The van der Waals surface area contributed by atoms with Gasteiger partial charge in [0.15, 0.2) is 0 Å². The molecule has 106 valence electrons. The molecule has 0 unspecified atom stereocenters. The third-order valence-corrected chi connectivity index (χ3v) is 2.77. The third-order valence-electron chi connectivity index (χ3n) is 2.77. The number of esters is 1. The van der Waals surface area contributed by atoms with Gasteiger partial charge in [-0.3, -0.25) is 0 Å². The van der Waals surface area contributed by atoms with Gasteiger partial charge >= 0.3 is 5.97 Å². The number of nitrogens with two attached hydrogens (primary N) is 1. The van der Waals surface area contributed by atoms with Crippen molar-refractivity contribution >= 4 is 17.5 Å². The quantitative estimate of drug-likeness (QED) is 0.773. The summed E-state index contributed by atoms with van der Waals surface area (Å²) in [5, 5.41) is 3.31. The lowest BCUT2D eigenvalue weighted by Gasteiger charge is -2.26. The van der Waals surface area contributed by atoms with E-state index in [0.717, 1.165) is 12.8 Å². The van der Waals surface area contributed by atoms with Gasteiger partial charge in [-0.15, -0.1) is 0 Å². The van der Waals surface area contributed by atoms with Crippen LogP contribution < -0.4 is 11.1 Å². The predicted octanol–water partition coefficient (Wildman–Crippen LogP) is 2.83. The maximum atomic E-state index is 11.8. The Kier molecular flexibility index (Phi) is 5.15. The Labute approximate surface area is 114 Å². The van der Waals surface area contributed by atoms with Gasteiger partial charge in [0, 0.05) is 5.54 Å². The van der Waals surface area contributed by atoms with E-state index in [1.807, 2.05) is 0 Å². The first-order chi connectivity index (χ1) is 8.89. The number of aromatic nitrogens is 1. The minimum Gasteiger partial charge on any atom is -0.462 e. The summed E-state index contributed by atoms with van der Waals surface area (Å²) in [6, 6.07) is 1.64. The van der Waals surface area contributed by atoms with Crippen LogP contribution in [0.25, 0.3) is 0 Å². The summed E-state index contributed by atoms with van der Waals surface area (Å²) in [4.78, 5) is 16.0. The minimum absolute atomic E-state index is 0.0796. The molecule has 0 atom stereocenters. The summed E-state index contributed by atoms with van der Waals surface area (Å²) in [6.07, 6.45) is 3.56. The monoisotopic (exact) mass is 265 g/mol. The summed E-state index contributed by atoms with van der Waals surface area (Å²) in [6.45, 7) is 8.41. The number of ether oxygens (including phenoxy) is 1. The molecule has 1 aromatic rings. The van der Waals surface area contributed by atoms with E-state index in [2.05, 4.69) is 31.1 Å². The molecule has 0 aliphatic heterocycles. The Morgan fingerprint density at radius 3 is 2.74 bits per heavy atom. The van der Waals surface area contributed by atoms with E-state index in [1.165, 1.54) is 6.20 Å². The molecular weight excluding hydrogens is 242 g/mol. The lowest BCUT2D eigenvalue weighted by molar-refractivity contribution is 0.0527. The highest BCUT2D eigenvalue weighted by Gasteiger charge is 2.18. The van der Waals surface area contributed by atoms with E-state index in [4.69, 9.17) is 10.5 Å². The topological polar surface area (TPSA) is 77.2 Å². The summed E-state index contributed by atoms with van der Waals surface area (Å²) in [5.74, 6) is 0.217. The first-order valence-electron chi connectivity index (χ1n) is 6.60. The van der Waals surface area contributed by atoms with Crippen LogP contribution in [-0.4, -0.2) is 23.1 Å². The first kappa shape index (κ1) is 15.3. The van der Waals surface area contributed by atoms with Crippen molar-refractivity contribution in [3.63, 3.8) is 0 Å². The molecule has 1 heterocycles. The molecule has 0 fully saturated rings. The highest BCUT2D eigenvalue weighted by molar-refractivity contribution is 5.95. The molecule has 1 rings (SSSR count). The Morgan fingerprint density at radius 2 is 2.16 bits per heavy atom. The van der Waals surface area contributed by atoms with Crippen LogP contribution in [0, 0.1) is 0 Å². The fourth-order valence-electron chi connectivity index (χ4n) is 1.95. The van der Waals surface area contributed by atoms with Crippen LogP contribution in [0.2, 0.25) is 0 Å². The number of carbonyl (C=O) groups is 1. The molecule has 5 heteroatoms.